The number of hydrogen-bond donors (Lipinski definition) is 0. The van der Waals surface area contributed by atoms with Crippen molar-refractivity contribution in [1.29, 1.82) is 0 Å². The van der Waals surface area contributed by atoms with Crippen molar-refractivity contribution in [3.63, 3.8) is 0 Å². The van der Waals surface area contributed by atoms with Crippen molar-refractivity contribution in [1.82, 2.24) is 4.90 Å². The second-order valence-electron chi connectivity index (χ2n) is 5.71. The summed E-state index contributed by atoms with van der Waals surface area (Å²) >= 11 is 1.42. The molecule has 0 unspecified atom stereocenters. The van der Waals surface area contributed by atoms with Crippen molar-refractivity contribution < 1.29 is 14.3 Å². The van der Waals surface area contributed by atoms with Gasteiger partial charge in [-0.15, -0.1) is 0 Å². The van der Waals surface area contributed by atoms with E-state index in [-0.39, 0.29) is 18.1 Å². The number of nitrogens with zero attached hydrogens (tertiary/aromatic N) is 2. The van der Waals surface area contributed by atoms with Crippen LogP contribution in [0.5, 0.6) is 5.75 Å². The number of benzene rings is 1. The molecule has 0 N–H and O–H groups in total. The van der Waals surface area contributed by atoms with Crippen LogP contribution in [0.2, 0.25) is 0 Å². The molecular weight excluding hydrogens is 312 g/mol. The summed E-state index contributed by atoms with van der Waals surface area (Å²) in [5.41, 5.74) is 0.881. The van der Waals surface area contributed by atoms with Crippen LogP contribution in [0.25, 0.3) is 6.08 Å². The lowest BCUT2D eigenvalue weighted by molar-refractivity contribution is -0.113. The number of thioether (sulfide) groups is 1. The number of hydrogen-bond acceptors (Lipinski definition) is 5. The van der Waals surface area contributed by atoms with E-state index >= 15 is 0 Å². The molecule has 1 fully saturated rings. The van der Waals surface area contributed by atoms with Gasteiger partial charge in [-0.2, -0.15) is 4.99 Å². The highest BCUT2D eigenvalue weighted by Crippen LogP contribution is 2.33. The largest absolute Gasteiger partial charge is 0.496 e. The molecule has 2 aliphatic heterocycles. The maximum atomic E-state index is 12.2. The number of para-hydroxylation sites is 1. The summed E-state index contributed by atoms with van der Waals surface area (Å²) in [6.07, 6.45) is 2.12. The molecule has 0 radical (unpaired) electrons. The summed E-state index contributed by atoms with van der Waals surface area (Å²) in [4.78, 5) is 19.2. The molecule has 0 bridgehead atoms. The number of amidine groups is 1. The summed E-state index contributed by atoms with van der Waals surface area (Å²) in [7, 11) is 1.62. The molecule has 6 heteroatoms. The van der Waals surface area contributed by atoms with Crippen molar-refractivity contribution in [3.8, 4) is 5.75 Å². The fraction of sp³-hybridized carbons (Fsp3) is 0.412. The Morgan fingerprint density at radius 2 is 2.00 bits per heavy atom. The Balaban J connectivity index is 1.78. The molecule has 0 saturated carbocycles. The van der Waals surface area contributed by atoms with E-state index in [1.807, 2.05) is 44.2 Å². The van der Waals surface area contributed by atoms with E-state index in [9.17, 15) is 4.79 Å². The Bertz CT molecular complexity index is 662. The van der Waals surface area contributed by atoms with Crippen LogP contribution >= 0.6 is 11.8 Å². The molecular formula is C17H20N2O3S. The van der Waals surface area contributed by atoms with Crippen LogP contribution in [-0.4, -0.2) is 48.4 Å². The Morgan fingerprint density at radius 1 is 1.30 bits per heavy atom. The smallest absolute Gasteiger partial charge is 0.286 e. The number of rotatable bonds is 2. The molecule has 0 spiro atoms. The summed E-state index contributed by atoms with van der Waals surface area (Å²) in [5, 5.41) is 0.762. The minimum atomic E-state index is -0.192. The van der Waals surface area contributed by atoms with Gasteiger partial charge in [0.05, 0.1) is 24.2 Å². The lowest BCUT2D eigenvalue weighted by Gasteiger charge is -2.35. The predicted molar refractivity (Wildman–Crippen MR) is 92.6 cm³/mol. The van der Waals surface area contributed by atoms with Gasteiger partial charge in [-0.1, -0.05) is 18.2 Å². The van der Waals surface area contributed by atoms with Gasteiger partial charge in [-0.25, -0.2) is 0 Å². The fourth-order valence-electron chi connectivity index (χ4n) is 2.79. The van der Waals surface area contributed by atoms with E-state index in [4.69, 9.17) is 9.47 Å². The van der Waals surface area contributed by atoms with Crippen LogP contribution in [0.15, 0.2) is 34.2 Å². The van der Waals surface area contributed by atoms with Crippen LogP contribution in [0.1, 0.15) is 19.4 Å². The summed E-state index contributed by atoms with van der Waals surface area (Å²) < 4.78 is 11.1. The zero-order valence-corrected chi connectivity index (χ0v) is 14.3. The van der Waals surface area contributed by atoms with E-state index in [0.29, 0.717) is 4.91 Å². The highest BCUT2D eigenvalue weighted by atomic mass is 32.2. The van der Waals surface area contributed by atoms with E-state index in [0.717, 1.165) is 29.6 Å². The van der Waals surface area contributed by atoms with Gasteiger partial charge in [-0.3, -0.25) is 4.79 Å². The van der Waals surface area contributed by atoms with Crippen LogP contribution in [0.4, 0.5) is 0 Å². The van der Waals surface area contributed by atoms with Gasteiger partial charge >= 0.3 is 0 Å². The number of amides is 1. The third-order valence-electron chi connectivity index (χ3n) is 3.72. The molecule has 122 valence electrons. The minimum Gasteiger partial charge on any atom is -0.496 e. The molecule has 2 atom stereocenters. The van der Waals surface area contributed by atoms with E-state index in [1.165, 1.54) is 11.8 Å². The number of carbonyl (C=O) groups is 1. The molecule has 0 aliphatic carbocycles. The first-order valence-electron chi connectivity index (χ1n) is 7.63. The zero-order chi connectivity index (χ0) is 16.4. The summed E-state index contributed by atoms with van der Waals surface area (Å²) in [6, 6.07) is 7.63. The molecule has 3 rings (SSSR count). The van der Waals surface area contributed by atoms with Crippen molar-refractivity contribution in [2.75, 3.05) is 20.2 Å². The minimum absolute atomic E-state index is 0.138. The molecule has 1 saturated heterocycles. The van der Waals surface area contributed by atoms with Crippen LogP contribution in [0, 0.1) is 0 Å². The molecule has 1 amide bonds. The SMILES string of the molecule is COc1ccccc1/C=C1/SC(N2C[C@H](C)O[C@@H](C)C2)=NC1=O. The van der Waals surface area contributed by atoms with Crippen molar-refractivity contribution in [2.45, 2.75) is 26.1 Å². The van der Waals surface area contributed by atoms with Crippen molar-refractivity contribution in [2.24, 2.45) is 4.99 Å². The molecule has 2 heterocycles. The van der Waals surface area contributed by atoms with Crippen molar-refractivity contribution in [3.05, 3.63) is 34.7 Å². The van der Waals surface area contributed by atoms with Crippen LogP contribution in [0.3, 0.4) is 0 Å². The average Bonchev–Trinajstić information content (AvgIpc) is 2.88. The van der Waals surface area contributed by atoms with Crippen LogP contribution < -0.4 is 4.74 Å². The topological polar surface area (TPSA) is 51.1 Å². The van der Waals surface area contributed by atoms with E-state index in [2.05, 4.69) is 9.89 Å². The lowest BCUT2D eigenvalue weighted by atomic mass is 10.2. The highest BCUT2D eigenvalue weighted by Gasteiger charge is 2.31. The molecule has 23 heavy (non-hydrogen) atoms. The van der Waals surface area contributed by atoms with E-state index in [1.54, 1.807) is 7.11 Å². The third kappa shape index (κ3) is 3.59. The van der Waals surface area contributed by atoms with E-state index < -0.39 is 0 Å². The number of morpholine rings is 1. The second-order valence-corrected chi connectivity index (χ2v) is 6.72. The lowest BCUT2D eigenvalue weighted by Crippen LogP contribution is -2.47. The highest BCUT2D eigenvalue weighted by molar-refractivity contribution is 8.18. The summed E-state index contributed by atoms with van der Waals surface area (Å²) in [6.45, 7) is 5.59. The first kappa shape index (κ1) is 16.1. The Morgan fingerprint density at radius 3 is 2.70 bits per heavy atom. The van der Waals surface area contributed by atoms with Gasteiger partial charge in [0.1, 0.15) is 5.75 Å². The first-order chi connectivity index (χ1) is 11.1. The first-order valence-corrected chi connectivity index (χ1v) is 8.44. The third-order valence-corrected chi connectivity index (χ3v) is 4.77. The van der Waals surface area contributed by atoms with Gasteiger partial charge in [0.15, 0.2) is 5.17 Å². The monoisotopic (exact) mass is 332 g/mol. The number of aliphatic imine (C=N–C) groups is 1. The fourth-order valence-corrected chi connectivity index (χ4v) is 3.72. The van der Waals surface area contributed by atoms with Gasteiger partial charge in [-0.05, 0) is 37.8 Å². The van der Waals surface area contributed by atoms with Gasteiger partial charge in [0, 0.05) is 18.7 Å². The molecule has 0 aromatic heterocycles. The second kappa shape index (κ2) is 6.76. The maximum absolute atomic E-state index is 12.2. The standard InChI is InChI=1S/C17H20N2O3S/c1-11-9-19(10-12(2)22-11)17-18-16(20)15(23-17)8-13-6-4-5-7-14(13)21-3/h4-8,11-12H,9-10H2,1-3H3/b15-8+/t11-,12-/m0/s1. The predicted octanol–water partition coefficient (Wildman–Crippen LogP) is 2.77. The Kier molecular flexibility index (Phi) is 4.73. The summed E-state index contributed by atoms with van der Waals surface area (Å²) in [5.74, 6) is 0.554. The van der Waals surface area contributed by atoms with Crippen molar-refractivity contribution >= 4 is 28.9 Å². The molecule has 5 nitrogen and oxygen atoms in total. The van der Waals surface area contributed by atoms with Crippen LogP contribution in [-0.2, 0) is 9.53 Å². The average molecular weight is 332 g/mol. The number of carbonyl (C=O) groups excluding carboxylic acids is 1. The van der Waals surface area contributed by atoms with Gasteiger partial charge < -0.3 is 14.4 Å². The Labute approximate surface area is 140 Å². The van der Waals surface area contributed by atoms with Gasteiger partial charge in [0.2, 0.25) is 0 Å². The van der Waals surface area contributed by atoms with Gasteiger partial charge in [0.25, 0.3) is 5.91 Å². The maximum Gasteiger partial charge on any atom is 0.286 e. The molecule has 1 aromatic rings. The molecule has 1 aromatic carbocycles. The Hall–Kier alpha value is -1.79. The quantitative estimate of drug-likeness (QED) is 0.780. The molecule has 2 aliphatic rings. The normalized spacial score (nSPS) is 26.6. The number of methoxy groups -OCH3 is 1. The number of ether oxygens (including phenoxy) is 2. The zero-order valence-electron chi connectivity index (χ0n) is 13.5.